The minimum Gasteiger partial charge on any atom is -0.489 e. The highest BCUT2D eigenvalue weighted by Gasteiger charge is 2.15. The van der Waals surface area contributed by atoms with E-state index in [0.717, 1.165) is 23.6 Å². The van der Waals surface area contributed by atoms with Crippen LogP contribution >= 0.6 is 0 Å². The fourth-order valence-electron chi connectivity index (χ4n) is 3.25. The Bertz CT molecular complexity index is 945. The molecule has 1 aromatic heterocycles. The predicted octanol–water partition coefficient (Wildman–Crippen LogP) is 5.10. The first kappa shape index (κ1) is 20.6. The van der Waals surface area contributed by atoms with E-state index in [9.17, 15) is 4.79 Å². The van der Waals surface area contributed by atoms with Gasteiger partial charge in [-0.2, -0.15) is 5.10 Å². The topological polar surface area (TPSA) is 56.2 Å². The molecule has 1 N–H and O–H groups in total. The van der Waals surface area contributed by atoms with E-state index in [2.05, 4.69) is 36.4 Å². The molecule has 1 atom stereocenters. The van der Waals surface area contributed by atoms with Crippen LogP contribution in [0.15, 0.2) is 60.8 Å². The maximum Gasteiger partial charge on any atom is 0.251 e. The van der Waals surface area contributed by atoms with E-state index in [0.29, 0.717) is 18.1 Å². The average molecular weight is 392 g/mol. The number of nitrogens with one attached hydrogen (secondary N) is 1. The van der Waals surface area contributed by atoms with E-state index in [1.54, 1.807) is 6.20 Å². The van der Waals surface area contributed by atoms with Gasteiger partial charge in [-0.25, -0.2) is 0 Å². The number of benzene rings is 2. The number of nitrogens with zero attached hydrogens (tertiary/aromatic N) is 2. The van der Waals surface area contributed by atoms with Crippen LogP contribution in [0.3, 0.4) is 0 Å². The third-order valence-electron chi connectivity index (χ3n) is 4.98. The third-order valence-corrected chi connectivity index (χ3v) is 4.98. The van der Waals surface area contributed by atoms with Crippen LogP contribution in [0.4, 0.5) is 0 Å². The van der Waals surface area contributed by atoms with Gasteiger partial charge in [0.2, 0.25) is 0 Å². The van der Waals surface area contributed by atoms with Crippen LogP contribution < -0.4 is 10.1 Å². The zero-order chi connectivity index (χ0) is 20.8. The van der Waals surface area contributed by atoms with Crippen LogP contribution in [0.2, 0.25) is 0 Å². The normalized spacial score (nSPS) is 12.0. The van der Waals surface area contributed by atoms with Gasteiger partial charge in [-0.05, 0) is 61.2 Å². The summed E-state index contributed by atoms with van der Waals surface area (Å²) in [5, 5.41) is 7.32. The van der Waals surface area contributed by atoms with Crippen molar-refractivity contribution in [2.75, 3.05) is 0 Å². The van der Waals surface area contributed by atoms with Crippen LogP contribution in [0, 0.1) is 0 Å². The summed E-state index contributed by atoms with van der Waals surface area (Å²) in [6.45, 7) is 9.53. The fraction of sp³-hybridized carbons (Fsp3) is 0.333. The summed E-state index contributed by atoms with van der Waals surface area (Å²) in [6.07, 6.45) is 1.76. The molecule has 29 heavy (non-hydrogen) atoms. The molecule has 0 spiro atoms. The minimum atomic E-state index is -0.121. The van der Waals surface area contributed by atoms with Crippen molar-refractivity contribution < 1.29 is 9.53 Å². The zero-order valence-corrected chi connectivity index (χ0v) is 17.6. The van der Waals surface area contributed by atoms with E-state index in [1.165, 1.54) is 5.56 Å². The summed E-state index contributed by atoms with van der Waals surface area (Å²) >= 11 is 0. The van der Waals surface area contributed by atoms with Crippen molar-refractivity contribution in [1.82, 2.24) is 15.1 Å². The number of hydrogen-bond acceptors (Lipinski definition) is 3. The molecule has 152 valence electrons. The molecule has 0 fully saturated rings. The quantitative estimate of drug-likeness (QED) is 0.581. The van der Waals surface area contributed by atoms with Gasteiger partial charge in [0.1, 0.15) is 12.4 Å². The van der Waals surface area contributed by atoms with Crippen molar-refractivity contribution in [3.8, 4) is 5.75 Å². The summed E-state index contributed by atoms with van der Waals surface area (Å²) in [4.78, 5) is 12.7. The molecule has 0 saturated carbocycles. The maximum absolute atomic E-state index is 12.7. The van der Waals surface area contributed by atoms with Gasteiger partial charge in [0.25, 0.3) is 5.91 Å². The first-order valence-electron chi connectivity index (χ1n) is 10.1. The Balaban J connectivity index is 1.62. The summed E-state index contributed by atoms with van der Waals surface area (Å²) in [6, 6.07) is 17.5. The number of hydrogen-bond donors (Lipinski definition) is 1. The van der Waals surface area contributed by atoms with E-state index >= 15 is 0 Å². The molecule has 0 saturated heterocycles. The lowest BCUT2D eigenvalue weighted by Gasteiger charge is -2.16. The average Bonchev–Trinajstić information content (AvgIpc) is 3.22. The molecule has 3 aromatic rings. The van der Waals surface area contributed by atoms with E-state index in [4.69, 9.17) is 4.74 Å². The highest BCUT2D eigenvalue weighted by molar-refractivity contribution is 5.94. The second-order valence-corrected chi connectivity index (χ2v) is 7.48. The van der Waals surface area contributed by atoms with Gasteiger partial charge in [0.15, 0.2) is 0 Å². The highest BCUT2D eigenvalue weighted by Crippen LogP contribution is 2.20. The van der Waals surface area contributed by atoms with Crippen LogP contribution in [0.1, 0.15) is 66.8 Å². The lowest BCUT2D eigenvalue weighted by atomic mass is 10.0. The van der Waals surface area contributed by atoms with Gasteiger partial charge >= 0.3 is 0 Å². The molecule has 3 rings (SSSR count). The monoisotopic (exact) mass is 391 g/mol. The lowest BCUT2D eigenvalue weighted by Crippen LogP contribution is -2.28. The molecular weight excluding hydrogens is 362 g/mol. The van der Waals surface area contributed by atoms with Crippen molar-refractivity contribution in [1.29, 1.82) is 0 Å². The minimum absolute atomic E-state index is 0.107. The van der Waals surface area contributed by atoms with Crippen molar-refractivity contribution in [3.63, 3.8) is 0 Å². The SMILES string of the molecule is CCn1nccc1C(C)NC(=O)c1cccc(COc2ccc(C(C)C)cc2)c1. The second-order valence-electron chi connectivity index (χ2n) is 7.48. The molecule has 1 unspecified atom stereocenters. The van der Waals surface area contributed by atoms with Gasteiger partial charge < -0.3 is 10.1 Å². The molecule has 0 bridgehead atoms. The van der Waals surface area contributed by atoms with Crippen molar-refractivity contribution in [2.45, 2.75) is 52.8 Å². The number of ether oxygens (including phenoxy) is 1. The molecule has 5 nitrogen and oxygen atoms in total. The van der Waals surface area contributed by atoms with Crippen molar-refractivity contribution in [3.05, 3.63) is 83.2 Å². The van der Waals surface area contributed by atoms with Gasteiger partial charge in [0, 0.05) is 18.3 Å². The summed E-state index contributed by atoms with van der Waals surface area (Å²) in [5.74, 6) is 1.22. The number of amides is 1. The Morgan fingerprint density at radius 1 is 1.10 bits per heavy atom. The Morgan fingerprint density at radius 2 is 1.86 bits per heavy atom. The summed E-state index contributed by atoms with van der Waals surface area (Å²) in [5.41, 5.74) is 3.85. The second kappa shape index (κ2) is 9.41. The molecule has 2 aromatic carbocycles. The first-order chi connectivity index (χ1) is 14.0. The molecular formula is C24H29N3O2. The smallest absolute Gasteiger partial charge is 0.251 e. The molecule has 0 radical (unpaired) electrons. The third kappa shape index (κ3) is 5.25. The number of carbonyl (C=O) groups is 1. The molecule has 1 heterocycles. The van der Waals surface area contributed by atoms with Crippen molar-refractivity contribution in [2.24, 2.45) is 0 Å². The molecule has 5 heteroatoms. The van der Waals surface area contributed by atoms with E-state index in [-0.39, 0.29) is 11.9 Å². The van der Waals surface area contributed by atoms with Crippen LogP contribution in [-0.2, 0) is 13.2 Å². The molecule has 0 aliphatic heterocycles. The van der Waals surface area contributed by atoms with Crippen LogP contribution in [-0.4, -0.2) is 15.7 Å². The Hall–Kier alpha value is -3.08. The Labute approximate surface area is 172 Å². The highest BCUT2D eigenvalue weighted by atomic mass is 16.5. The summed E-state index contributed by atoms with van der Waals surface area (Å²) < 4.78 is 7.78. The number of aryl methyl sites for hydroxylation is 1. The first-order valence-corrected chi connectivity index (χ1v) is 10.1. The predicted molar refractivity (Wildman–Crippen MR) is 115 cm³/mol. The van der Waals surface area contributed by atoms with Gasteiger partial charge in [-0.1, -0.05) is 38.1 Å². The number of carbonyl (C=O) groups excluding carboxylic acids is 1. The molecule has 0 aliphatic carbocycles. The number of aromatic nitrogens is 2. The molecule has 1 amide bonds. The lowest BCUT2D eigenvalue weighted by molar-refractivity contribution is 0.0938. The van der Waals surface area contributed by atoms with Crippen LogP contribution in [0.5, 0.6) is 5.75 Å². The largest absolute Gasteiger partial charge is 0.489 e. The zero-order valence-electron chi connectivity index (χ0n) is 17.6. The maximum atomic E-state index is 12.7. The van der Waals surface area contributed by atoms with Gasteiger partial charge in [-0.15, -0.1) is 0 Å². The number of rotatable bonds is 8. The van der Waals surface area contributed by atoms with E-state index < -0.39 is 0 Å². The Morgan fingerprint density at radius 3 is 2.55 bits per heavy atom. The molecule has 0 aliphatic rings. The van der Waals surface area contributed by atoms with E-state index in [1.807, 2.05) is 61.0 Å². The van der Waals surface area contributed by atoms with Gasteiger partial charge in [-0.3, -0.25) is 9.48 Å². The standard InChI is InChI=1S/C24H29N3O2/c1-5-27-23(13-14-25-27)18(4)26-24(28)21-8-6-7-19(15-21)16-29-22-11-9-20(10-12-22)17(2)3/h6-15,17-18H,5,16H2,1-4H3,(H,26,28). The summed E-state index contributed by atoms with van der Waals surface area (Å²) in [7, 11) is 0. The van der Waals surface area contributed by atoms with Crippen LogP contribution in [0.25, 0.3) is 0 Å². The Kier molecular flexibility index (Phi) is 6.70. The van der Waals surface area contributed by atoms with Crippen molar-refractivity contribution >= 4 is 5.91 Å². The van der Waals surface area contributed by atoms with Gasteiger partial charge in [0.05, 0.1) is 11.7 Å². The fourth-order valence-corrected chi connectivity index (χ4v) is 3.25.